The molecule has 2 rings (SSSR count). The Kier molecular flexibility index (Phi) is 3.47. The second-order valence-corrected chi connectivity index (χ2v) is 4.67. The minimum absolute atomic E-state index is 0.493. The third kappa shape index (κ3) is 2.43. The van der Waals surface area contributed by atoms with Gasteiger partial charge in [-0.1, -0.05) is 60.7 Å². The van der Waals surface area contributed by atoms with E-state index in [1.165, 1.54) is 0 Å². The molecule has 0 unspecified atom stereocenters. The van der Waals surface area contributed by atoms with Crippen LogP contribution in [-0.2, 0) is 16.6 Å². The fourth-order valence-electron chi connectivity index (χ4n) is 2.11. The number of carbonyl (C=O) groups is 1. The molecule has 2 aromatic carbocycles. The minimum atomic E-state index is -0.886. The maximum Gasteiger partial charge on any atom is 0.314 e. The molecule has 92 valence electrons. The van der Waals surface area contributed by atoms with Gasteiger partial charge in [-0.3, -0.25) is 4.79 Å². The molecule has 18 heavy (non-hydrogen) atoms. The second-order valence-electron chi connectivity index (χ2n) is 4.67. The van der Waals surface area contributed by atoms with Crippen molar-refractivity contribution in [1.29, 1.82) is 0 Å². The van der Waals surface area contributed by atoms with Gasteiger partial charge >= 0.3 is 5.97 Å². The van der Waals surface area contributed by atoms with E-state index in [-0.39, 0.29) is 0 Å². The van der Waals surface area contributed by atoms with Crippen molar-refractivity contribution >= 4 is 5.97 Å². The van der Waals surface area contributed by atoms with Crippen LogP contribution in [0, 0.1) is 0 Å². The lowest BCUT2D eigenvalue weighted by atomic mass is 9.77. The molecule has 0 heterocycles. The average molecular weight is 240 g/mol. The smallest absolute Gasteiger partial charge is 0.314 e. The molecule has 0 saturated heterocycles. The molecule has 0 aromatic heterocycles. The van der Waals surface area contributed by atoms with Gasteiger partial charge in [0.05, 0.1) is 5.41 Å². The van der Waals surface area contributed by atoms with Crippen LogP contribution in [0.2, 0.25) is 0 Å². The van der Waals surface area contributed by atoms with Crippen molar-refractivity contribution in [3.05, 3.63) is 71.8 Å². The van der Waals surface area contributed by atoms with Crippen molar-refractivity contribution in [3.63, 3.8) is 0 Å². The molecule has 1 atom stereocenters. The molecule has 2 nitrogen and oxygen atoms in total. The molecule has 0 fully saturated rings. The number of rotatable bonds is 4. The summed E-state index contributed by atoms with van der Waals surface area (Å²) in [6.45, 7) is 1.78. The van der Waals surface area contributed by atoms with Gasteiger partial charge < -0.3 is 5.11 Å². The Morgan fingerprint density at radius 2 is 1.50 bits per heavy atom. The molecule has 0 radical (unpaired) electrons. The van der Waals surface area contributed by atoms with E-state index in [4.69, 9.17) is 0 Å². The summed E-state index contributed by atoms with van der Waals surface area (Å²) in [5.41, 5.74) is 0.982. The molecule has 2 aromatic rings. The highest BCUT2D eigenvalue weighted by molar-refractivity contribution is 5.81. The van der Waals surface area contributed by atoms with Crippen LogP contribution in [0.25, 0.3) is 0 Å². The zero-order valence-electron chi connectivity index (χ0n) is 10.3. The first-order valence-electron chi connectivity index (χ1n) is 5.96. The standard InChI is InChI=1S/C16H16O2/c1-16(15(17)18,14-10-6-3-7-11-14)12-13-8-4-2-5-9-13/h2-11H,12H2,1H3,(H,17,18)/t16-/m1/s1. The molecule has 2 heteroatoms. The monoisotopic (exact) mass is 240 g/mol. The van der Waals surface area contributed by atoms with E-state index in [1.54, 1.807) is 6.92 Å². The Morgan fingerprint density at radius 1 is 1.00 bits per heavy atom. The number of hydrogen-bond acceptors (Lipinski definition) is 1. The maximum atomic E-state index is 11.6. The van der Waals surface area contributed by atoms with Crippen molar-refractivity contribution in [2.24, 2.45) is 0 Å². The van der Waals surface area contributed by atoms with Gasteiger partial charge in [-0.15, -0.1) is 0 Å². The predicted octanol–water partition coefficient (Wildman–Crippen LogP) is 3.27. The summed E-state index contributed by atoms with van der Waals surface area (Å²) in [5, 5.41) is 9.55. The van der Waals surface area contributed by atoms with Crippen LogP contribution in [0.1, 0.15) is 18.1 Å². The second kappa shape index (κ2) is 5.05. The number of aliphatic carboxylic acids is 1. The van der Waals surface area contributed by atoms with Crippen LogP contribution < -0.4 is 0 Å². The fourth-order valence-corrected chi connectivity index (χ4v) is 2.11. The Balaban J connectivity index is 2.37. The summed E-state index contributed by atoms with van der Waals surface area (Å²) in [4.78, 5) is 11.6. The summed E-state index contributed by atoms with van der Waals surface area (Å²) in [6.07, 6.45) is 0.493. The van der Waals surface area contributed by atoms with Crippen molar-refractivity contribution < 1.29 is 9.90 Å². The van der Waals surface area contributed by atoms with E-state index in [1.807, 2.05) is 60.7 Å². The van der Waals surface area contributed by atoms with E-state index >= 15 is 0 Å². The van der Waals surface area contributed by atoms with Gasteiger partial charge in [0.15, 0.2) is 0 Å². The first-order chi connectivity index (χ1) is 8.63. The lowest BCUT2D eigenvalue weighted by Gasteiger charge is -2.25. The van der Waals surface area contributed by atoms with Gasteiger partial charge in [-0.25, -0.2) is 0 Å². The van der Waals surface area contributed by atoms with Crippen molar-refractivity contribution in [2.75, 3.05) is 0 Å². The summed E-state index contributed by atoms with van der Waals surface area (Å²) < 4.78 is 0. The first kappa shape index (κ1) is 12.4. The van der Waals surface area contributed by atoms with Crippen molar-refractivity contribution in [3.8, 4) is 0 Å². The topological polar surface area (TPSA) is 37.3 Å². The molecule has 0 aliphatic carbocycles. The molecule has 1 N–H and O–H groups in total. The molecule has 0 aliphatic rings. The van der Waals surface area contributed by atoms with Gasteiger partial charge in [0.1, 0.15) is 0 Å². The number of carboxylic acids is 1. The Morgan fingerprint density at radius 3 is 2.00 bits per heavy atom. The van der Waals surface area contributed by atoms with Gasteiger partial charge in [-0.05, 0) is 24.5 Å². The molecule has 0 spiro atoms. The van der Waals surface area contributed by atoms with E-state index in [2.05, 4.69) is 0 Å². The zero-order chi connectivity index (χ0) is 13.0. The Labute approximate surface area is 107 Å². The normalized spacial score (nSPS) is 13.8. The molecule has 0 amide bonds. The van der Waals surface area contributed by atoms with Crippen molar-refractivity contribution in [2.45, 2.75) is 18.8 Å². The van der Waals surface area contributed by atoms with E-state index in [0.29, 0.717) is 6.42 Å². The highest BCUT2D eigenvalue weighted by Crippen LogP contribution is 2.28. The van der Waals surface area contributed by atoms with Gasteiger partial charge in [-0.2, -0.15) is 0 Å². The number of carboxylic acid groups (broad SMARTS) is 1. The molecular weight excluding hydrogens is 224 g/mol. The van der Waals surface area contributed by atoms with Crippen LogP contribution in [-0.4, -0.2) is 11.1 Å². The molecule has 0 saturated carbocycles. The van der Waals surface area contributed by atoms with Gasteiger partial charge in [0, 0.05) is 0 Å². The molecule has 0 aliphatic heterocycles. The van der Waals surface area contributed by atoms with Gasteiger partial charge in [0.2, 0.25) is 0 Å². The number of hydrogen-bond donors (Lipinski definition) is 1. The number of benzene rings is 2. The Bertz CT molecular complexity index is 519. The van der Waals surface area contributed by atoms with E-state index in [9.17, 15) is 9.90 Å². The molecular formula is C16H16O2. The van der Waals surface area contributed by atoms with E-state index in [0.717, 1.165) is 11.1 Å². The van der Waals surface area contributed by atoms with Crippen LogP contribution in [0.15, 0.2) is 60.7 Å². The summed E-state index contributed by atoms with van der Waals surface area (Å²) in [6, 6.07) is 19.1. The Hall–Kier alpha value is -2.09. The first-order valence-corrected chi connectivity index (χ1v) is 5.96. The summed E-state index contributed by atoms with van der Waals surface area (Å²) in [7, 11) is 0. The summed E-state index contributed by atoms with van der Waals surface area (Å²) >= 11 is 0. The van der Waals surface area contributed by atoms with Crippen LogP contribution in [0.5, 0.6) is 0 Å². The maximum absolute atomic E-state index is 11.6. The quantitative estimate of drug-likeness (QED) is 0.890. The average Bonchev–Trinajstić information content (AvgIpc) is 2.40. The third-order valence-corrected chi connectivity index (χ3v) is 3.28. The lowest BCUT2D eigenvalue weighted by Crippen LogP contribution is -2.34. The highest BCUT2D eigenvalue weighted by Gasteiger charge is 2.35. The molecule has 0 bridgehead atoms. The lowest BCUT2D eigenvalue weighted by molar-refractivity contribution is -0.143. The predicted molar refractivity (Wildman–Crippen MR) is 71.6 cm³/mol. The summed E-state index contributed by atoms with van der Waals surface area (Å²) in [5.74, 6) is -0.794. The van der Waals surface area contributed by atoms with Gasteiger partial charge in [0.25, 0.3) is 0 Å². The zero-order valence-corrected chi connectivity index (χ0v) is 10.3. The van der Waals surface area contributed by atoms with E-state index < -0.39 is 11.4 Å². The SMILES string of the molecule is C[C@](Cc1ccccc1)(C(=O)O)c1ccccc1. The highest BCUT2D eigenvalue weighted by atomic mass is 16.4. The van der Waals surface area contributed by atoms with Crippen LogP contribution in [0.3, 0.4) is 0 Å². The fraction of sp³-hybridized carbons (Fsp3) is 0.188. The van der Waals surface area contributed by atoms with Crippen LogP contribution >= 0.6 is 0 Å². The van der Waals surface area contributed by atoms with Crippen molar-refractivity contribution in [1.82, 2.24) is 0 Å². The minimum Gasteiger partial charge on any atom is -0.481 e. The third-order valence-electron chi connectivity index (χ3n) is 3.28. The van der Waals surface area contributed by atoms with Crippen LogP contribution in [0.4, 0.5) is 0 Å². The largest absolute Gasteiger partial charge is 0.481 e.